The Balaban J connectivity index is 0.000000158. The highest BCUT2D eigenvalue weighted by molar-refractivity contribution is 5.15. The first kappa shape index (κ1) is 14.5. The average molecular weight is 234 g/mol. The summed E-state index contributed by atoms with van der Waals surface area (Å²) in [6, 6.07) is 0. The summed E-state index contributed by atoms with van der Waals surface area (Å²) >= 11 is 0. The van der Waals surface area contributed by atoms with Crippen LogP contribution in [0.25, 0.3) is 0 Å². The summed E-state index contributed by atoms with van der Waals surface area (Å²) in [5.74, 6) is 1.80. The Kier molecular flexibility index (Phi) is 8.13. The summed E-state index contributed by atoms with van der Waals surface area (Å²) < 4.78 is 0. The highest BCUT2D eigenvalue weighted by Gasteiger charge is 2.23. The highest BCUT2D eigenvalue weighted by atomic mass is 14.3. The summed E-state index contributed by atoms with van der Waals surface area (Å²) in [7, 11) is 0. The third-order valence-electron chi connectivity index (χ3n) is 3.95. The molecule has 0 aliphatic heterocycles. The van der Waals surface area contributed by atoms with Crippen molar-refractivity contribution in [3.63, 3.8) is 0 Å². The molecule has 3 aliphatic carbocycles. The van der Waals surface area contributed by atoms with E-state index in [1.807, 2.05) is 13.8 Å². The largest absolute Gasteiger partial charge is 0.0808 e. The molecule has 2 unspecified atom stereocenters. The molecule has 2 fully saturated rings. The van der Waals surface area contributed by atoms with E-state index in [9.17, 15) is 0 Å². The Hall–Kier alpha value is -0.520. The first-order valence-electron chi connectivity index (χ1n) is 7.82. The van der Waals surface area contributed by atoms with Crippen LogP contribution in [0.4, 0.5) is 0 Å². The molecule has 0 heteroatoms. The van der Waals surface area contributed by atoms with Gasteiger partial charge in [0.25, 0.3) is 0 Å². The van der Waals surface area contributed by atoms with Crippen molar-refractivity contribution in [3.8, 4) is 0 Å². The van der Waals surface area contributed by atoms with Gasteiger partial charge in [-0.05, 0) is 24.7 Å². The molecular formula is C17H30. The average Bonchev–Trinajstić information content (AvgIpc) is 2.92. The van der Waals surface area contributed by atoms with E-state index in [1.165, 1.54) is 57.8 Å². The van der Waals surface area contributed by atoms with Gasteiger partial charge < -0.3 is 0 Å². The van der Waals surface area contributed by atoms with Crippen molar-refractivity contribution < 1.29 is 0 Å². The standard InChI is InChI=1S/C9H12.C6H12.C2H6/c1-2-5-9-7-3-6-8(9)4-1;1-2-4-6-5-3-1;1-2/h1-2,4-5,8-9H,3,6-7H2;1-6H2;1-2H3. The molecular weight excluding hydrogens is 204 g/mol. The van der Waals surface area contributed by atoms with E-state index in [-0.39, 0.29) is 0 Å². The van der Waals surface area contributed by atoms with Crippen molar-refractivity contribution in [2.75, 3.05) is 0 Å². The molecule has 0 N–H and O–H groups in total. The summed E-state index contributed by atoms with van der Waals surface area (Å²) in [6.45, 7) is 4.00. The van der Waals surface area contributed by atoms with Gasteiger partial charge in [-0.1, -0.05) is 83.1 Å². The number of rotatable bonds is 0. The SMILES string of the molecule is C1=CC2CCCC2C=C1.C1CCCCC1.CC. The van der Waals surface area contributed by atoms with Crippen molar-refractivity contribution >= 4 is 0 Å². The molecule has 2 atom stereocenters. The minimum absolute atomic E-state index is 0.898. The monoisotopic (exact) mass is 234 g/mol. The zero-order valence-electron chi connectivity index (χ0n) is 11.8. The zero-order valence-corrected chi connectivity index (χ0v) is 11.8. The quantitative estimate of drug-likeness (QED) is 0.490. The maximum Gasteiger partial charge on any atom is -0.0167 e. The molecule has 0 radical (unpaired) electrons. The van der Waals surface area contributed by atoms with E-state index >= 15 is 0 Å². The third kappa shape index (κ3) is 5.57. The van der Waals surface area contributed by atoms with Crippen LogP contribution in [0.15, 0.2) is 24.3 Å². The Bertz CT molecular complexity index is 191. The Labute approximate surface area is 108 Å². The van der Waals surface area contributed by atoms with Gasteiger partial charge in [0.1, 0.15) is 0 Å². The van der Waals surface area contributed by atoms with Crippen LogP contribution >= 0.6 is 0 Å². The number of fused-ring (bicyclic) bond motifs is 1. The maximum atomic E-state index is 2.36. The second-order valence-corrected chi connectivity index (χ2v) is 5.15. The van der Waals surface area contributed by atoms with Gasteiger partial charge in [-0.15, -0.1) is 0 Å². The van der Waals surface area contributed by atoms with Crippen LogP contribution < -0.4 is 0 Å². The first-order chi connectivity index (χ1) is 8.47. The van der Waals surface area contributed by atoms with Crippen LogP contribution in [0.5, 0.6) is 0 Å². The van der Waals surface area contributed by atoms with Gasteiger partial charge in [0, 0.05) is 0 Å². The van der Waals surface area contributed by atoms with E-state index in [0.717, 1.165) is 11.8 Å². The van der Waals surface area contributed by atoms with Crippen LogP contribution in [0.3, 0.4) is 0 Å². The molecule has 0 amide bonds. The highest BCUT2D eigenvalue weighted by Crippen LogP contribution is 2.35. The molecule has 0 nitrogen and oxygen atoms in total. The van der Waals surface area contributed by atoms with Crippen LogP contribution in [0.2, 0.25) is 0 Å². The zero-order chi connectivity index (χ0) is 12.3. The van der Waals surface area contributed by atoms with E-state index in [4.69, 9.17) is 0 Å². The number of hydrogen-bond donors (Lipinski definition) is 0. The van der Waals surface area contributed by atoms with Crippen molar-refractivity contribution in [3.05, 3.63) is 24.3 Å². The van der Waals surface area contributed by atoms with Gasteiger partial charge in [0.15, 0.2) is 0 Å². The van der Waals surface area contributed by atoms with Gasteiger partial charge in [-0.25, -0.2) is 0 Å². The van der Waals surface area contributed by atoms with Crippen molar-refractivity contribution in [1.82, 2.24) is 0 Å². The Morgan fingerprint density at radius 3 is 1.29 bits per heavy atom. The second kappa shape index (κ2) is 9.50. The lowest BCUT2D eigenvalue weighted by atomic mass is 9.92. The molecule has 17 heavy (non-hydrogen) atoms. The third-order valence-corrected chi connectivity index (χ3v) is 3.95. The maximum absolute atomic E-state index is 2.36. The topological polar surface area (TPSA) is 0 Å². The number of allylic oxidation sites excluding steroid dienone is 4. The molecule has 0 saturated heterocycles. The predicted molar refractivity (Wildman–Crippen MR) is 78.2 cm³/mol. The lowest BCUT2D eigenvalue weighted by molar-refractivity contribution is 0.504. The smallest absolute Gasteiger partial charge is 0.0167 e. The van der Waals surface area contributed by atoms with E-state index in [2.05, 4.69) is 24.3 Å². The molecule has 0 spiro atoms. The second-order valence-electron chi connectivity index (χ2n) is 5.15. The lowest BCUT2D eigenvalue weighted by Crippen LogP contribution is -2.03. The lowest BCUT2D eigenvalue weighted by Gasteiger charge is -2.13. The first-order valence-corrected chi connectivity index (χ1v) is 7.82. The van der Waals surface area contributed by atoms with Crippen molar-refractivity contribution in [2.24, 2.45) is 11.8 Å². The minimum Gasteiger partial charge on any atom is -0.0808 e. The summed E-state index contributed by atoms with van der Waals surface area (Å²) in [6.07, 6.45) is 22.4. The normalized spacial score (nSPS) is 29.5. The Morgan fingerprint density at radius 1 is 0.588 bits per heavy atom. The summed E-state index contributed by atoms with van der Waals surface area (Å²) in [5, 5.41) is 0. The van der Waals surface area contributed by atoms with Gasteiger partial charge in [-0.2, -0.15) is 0 Å². The van der Waals surface area contributed by atoms with Crippen LogP contribution in [0, 0.1) is 11.8 Å². The number of hydrogen-bond acceptors (Lipinski definition) is 0. The summed E-state index contributed by atoms with van der Waals surface area (Å²) in [4.78, 5) is 0. The van der Waals surface area contributed by atoms with Crippen LogP contribution in [-0.4, -0.2) is 0 Å². The molecule has 98 valence electrons. The van der Waals surface area contributed by atoms with Crippen LogP contribution in [-0.2, 0) is 0 Å². The molecule has 3 aliphatic rings. The molecule has 0 aromatic carbocycles. The van der Waals surface area contributed by atoms with E-state index < -0.39 is 0 Å². The van der Waals surface area contributed by atoms with Gasteiger partial charge in [0.2, 0.25) is 0 Å². The molecule has 0 aromatic heterocycles. The van der Waals surface area contributed by atoms with E-state index in [1.54, 1.807) is 0 Å². The van der Waals surface area contributed by atoms with Crippen molar-refractivity contribution in [1.29, 1.82) is 0 Å². The molecule has 2 saturated carbocycles. The fraction of sp³-hybridized carbons (Fsp3) is 0.765. The van der Waals surface area contributed by atoms with Crippen LogP contribution in [0.1, 0.15) is 71.6 Å². The fourth-order valence-corrected chi connectivity index (χ4v) is 2.97. The fourth-order valence-electron chi connectivity index (χ4n) is 2.97. The molecule has 0 heterocycles. The van der Waals surface area contributed by atoms with Gasteiger partial charge in [-0.3, -0.25) is 0 Å². The van der Waals surface area contributed by atoms with Crippen molar-refractivity contribution in [2.45, 2.75) is 71.6 Å². The molecule has 0 aromatic rings. The summed E-state index contributed by atoms with van der Waals surface area (Å²) in [5.41, 5.74) is 0. The minimum atomic E-state index is 0.898. The predicted octanol–water partition coefficient (Wildman–Crippen LogP) is 5.90. The Morgan fingerprint density at radius 2 is 0.941 bits per heavy atom. The molecule has 3 rings (SSSR count). The van der Waals surface area contributed by atoms with E-state index in [0.29, 0.717) is 0 Å². The van der Waals surface area contributed by atoms with Gasteiger partial charge in [0.05, 0.1) is 0 Å². The van der Waals surface area contributed by atoms with Gasteiger partial charge >= 0.3 is 0 Å². The molecule has 0 bridgehead atoms.